The third-order valence-corrected chi connectivity index (χ3v) is 1.31. The molecule has 0 aliphatic heterocycles. The average Bonchev–Trinajstić information content (AvgIpc) is 2.15. The maximum atomic E-state index is 11.1. The third-order valence-electron chi connectivity index (χ3n) is 1.31. The molecular formula is C7H7N3O3. The van der Waals surface area contributed by atoms with E-state index in [1.54, 1.807) is 0 Å². The highest BCUT2D eigenvalue weighted by atomic mass is 16.2. The molecule has 0 atom stereocenters. The Kier molecular flexibility index (Phi) is 2.80. The molecule has 0 aromatic carbocycles. The van der Waals surface area contributed by atoms with Crippen LogP contribution in [-0.4, -0.2) is 17.3 Å². The van der Waals surface area contributed by atoms with Gasteiger partial charge in [-0.1, -0.05) is 0 Å². The highest BCUT2D eigenvalue weighted by Crippen LogP contribution is 1.86. The topological polar surface area (TPSA) is 91.1 Å². The van der Waals surface area contributed by atoms with E-state index >= 15 is 0 Å². The number of carbonyl (C=O) groups excluding carboxylic acids is 2. The molecule has 1 heterocycles. The summed E-state index contributed by atoms with van der Waals surface area (Å²) < 4.78 is 0. The molecule has 13 heavy (non-hydrogen) atoms. The Hall–Kier alpha value is -2.11. The van der Waals surface area contributed by atoms with Gasteiger partial charge in [-0.2, -0.15) is 0 Å². The lowest BCUT2D eigenvalue weighted by Crippen LogP contribution is -2.38. The number of hydrogen-bond donors (Lipinski definition) is 3. The van der Waals surface area contributed by atoms with Crippen LogP contribution < -0.4 is 16.4 Å². The quantitative estimate of drug-likeness (QED) is 0.402. The number of amides is 2. The van der Waals surface area contributed by atoms with E-state index in [0.29, 0.717) is 6.41 Å². The van der Waals surface area contributed by atoms with Gasteiger partial charge in [0.25, 0.3) is 11.5 Å². The fourth-order valence-corrected chi connectivity index (χ4v) is 0.763. The molecule has 0 spiro atoms. The minimum Gasteiger partial charge on any atom is -0.328 e. The van der Waals surface area contributed by atoms with Gasteiger partial charge in [0.1, 0.15) is 5.56 Å². The molecule has 1 aromatic heterocycles. The third kappa shape index (κ3) is 2.16. The van der Waals surface area contributed by atoms with Crippen molar-refractivity contribution in [2.75, 3.05) is 0 Å². The molecule has 0 saturated carbocycles. The molecule has 3 N–H and O–H groups in total. The van der Waals surface area contributed by atoms with Crippen LogP contribution in [0.1, 0.15) is 10.4 Å². The Bertz CT molecular complexity index is 371. The second-order valence-corrected chi connectivity index (χ2v) is 2.13. The summed E-state index contributed by atoms with van der Waals surface area (Å²) in [5, 5.41) is 0. The molecule has 0 aliphatic rings. The van der Waals surface area contributed by atoms with Crippen LogP contribution in [0.5, 0.6) is 0 Å². The van der Waals surface area contributed by atoms with Crippen molar-refractivity contribution in [2.24, 2.45) is 0 Å². The molecule has 68 valence electrons. The van der Waals surface area contributed by atoms with E-state index in [4.69, 9.17) is 0 Å². The number of H-pyrrole nitrogens is 1. The molecule has 0 bridgehead atoms. The van der Waals surface area contributed by atoms with Gasteiger partial charge in [-0.05, 0) is 12.1 Å². The van der Waals surface area contributed by atoms with Crippen LogP contribution in [-0.2, 0) is 4.79 Å². The molecule has 6 nitrogen and oxygen atoms in total. The van der Waals surface area contributed by atoms with E-state index in [9.17, 15) is 14.4 Å². The first kappa shape index (κ1) is 8.98. The smallest absolute Gasteiger partial charge is 0.275 e. The average molecular weight is 181 g/mol. The Morgan fingerprint density at radius 3 is 2.92 bits per heavy atom. The monoisotopic (exact) mass is 181 g/mol. The molecule has 1 rings (SSSR count). The fraction of sp³-hybridized carbons (Fsp3) is 0. The molecular weight excluding hydrogens is 174 g/mol. The highest BCUT2D eigenvalue weighted by molar-refractivity contribution is 5.93. The number of nitrogens with one attached hydrogen (secondary N) is 3. The first-order valence-electron chi connectivity index (χ1n) is 3.43. The van der Waals surface area contributed by atoms with Crippen LogP contribution >= 0.6 is 0 Å². The summed E-state index contributed by atoms with van der Waals surface area (Å²) in [5.74, 6) is -0.658. The van der Waals surface area contributed by atoms with E-state index in [0.717, 1.165) is 0 Å². The fourth-order valence-electron chi connectivity index (χ4n) is 0.763. The molecule has 6 heteroatoms. The molecule has 0 fully saturated rings. The van der Waals surface area contributed by atoms with Crippen LogP contribution in [0.15, 0.2) is 23.1 Å². The summed E-state index contributed by atoms with van der Waals surface area (Å²) in [7, 11) is 0. The summed E-state index contributed by atoms with van der Waals surface area (Å²) >= 11 is 0. The number of rotatable bonds is 3. The Morgan fingerprint density at radius 1 is 1.54 bits per heavy atom. The summed E-state index contributed by atoms with van der Waals surface area (Å²) in [6.45, 7) is 0. The molecule has 0 saturated heterocycles. The predicted octanol–water partition coefficient (Wildman–Crippen LogP) is -1.23. The minimum atomic E-state index is -0.658. The summed E-state index contributed by atoms with van der Waals surface area (Å²) in [6, 6.07) is 2.86. The molecule has 0 unspecified atom stereocenters. The van der Waals surface area contributed by atoms with Crippen molar-refractivity contribution in [2.45, 2.75) is 0 Å². The van der Waals surface area contributed by atoms with E-state index < -0.39 is 11.5 Å². The second kappa shape index (κ2) is 4.05. The SMILES string of the molecule is O=CNNC(=O)c1ccc[nH]c1=O. The number of hydrogen-bond acceptors (Lipinski definition) is 3. The molecule has 1 aromatic rings. The standard InChI is InChI=1S/C7H7N3O3/c11-4-9-10-7(13)5-2-1-3-8-6(5)12/h1-4H,(H,8,12)(H,9,11)(H,10,13). The molecule has 0 radical (unpaired) electrons. The highest BCUT2D eigenvalue weighted by Gasteiger charge is 2.07. The van der Waals surface area contributed by atoms with E-state index in [2.05, 4.69) is 4.98 Å². The van der Waals surface area contributed by atoms with Gasteiger partial charge in [0.05, 0.1) is 0 Å². The van der Waals surface area contributed by atoms with Crippen molar-refractivity contribution in [3.8, 4) is 0 Å². The lowest BCUT2D eigenvalue weighted by molar-refractivity contribution is -0.110. The molecule has 0 aliphatic carbocycles. The van der Waals surface area contributed by atoms with Gasteiger partial charge in [-0.25, -0.2) is 0 Å². The number of hydrazine groups is 1. The number of carbonyl (C=O) groups is 2. The van der Waals surface area contributed by atoms with Crippen molar-refractivity contribution in [3.63, 3.8) is 0 Å². The van der Waals surface area contributed by atoms with Crippen molar-refractivity contribution >= 4 is 12.3 Å². The second-order valence-electron chi connectivity index (χ2n) is 2.13. The van der Waals surface area contributed by atoms with Crippen molar-refractivity contribution in [3.05, 3.63) is 34.2 Å². The maximum Gasteiger partial charge on any atom is 0.275 e. The normalized spacial score (nSPS) is 8.92. The van der Waals surface area contributed by atoms with Crippen LogP contribution in [0.4, 0.5) is 0 Å². The number of aromatic amines is 1. The minimum absolute atomic E-state index is 0.0585. The van der Waals surface area contributed by atoms with Crippen LogP contribution in [0, 0.1) is 0 Å². The van der Waals surface area contributed by atoms with Gasteiger partial charge in [0.15, 0.2) is 0 Å². The first-order valence-corrected chi connectivity index (χ1v) is 3.43. The Labute approximate surface area is 72.9 Å². The Morgan fingerprint density at radius 2 is 2.31 bits per heavy atom. The number of pyridine rings is 1. The van der Waals surface area contributed by atoms with Crippen molar-refractivity contribution in [1.29, 1.82) is 0 Å². The summed E-state index contributed by atoms with van der Waals surface area (Å²) in [4.78, 5) is 34.2. The van der Waals surface area contributed by atoms with Gasteiger partial charge < -0.3 is 4.98 Å². The van der Waals surface area contributed by atoms with E-state index in [1.165, 1.54) is 18.3 Å². The van der Waals surface area contributed by atoms with Gasteiger partial charge in [0, 0.05) is 6.20 Å². The molecule has 2 amide bonds. The van der Waals surface area contributed by atoms with Crippen LogP contribution in [0.2, 0.25) is 0 Å². The summed E-state index contributed by atoms with van der Waals surface area (Å²) in [6.07, 6.45) is 1.71. The van der Waals surface area contributed by atoms with Crippen LogP contribution in [0.25, 0.3) is 0 Å². The van der Waals surface area contributed by atoms with Crippen LogP contribution in [0.3, 0.4) is 0 Å². The van der Waals surface area contributed by atoms with E-state index in [-0.39, 0.29) is 5.56 Å². The zero-order chi connectivity index (χ0) is 9.68. The summed E-state index contributed by atoms with van der Waals surface area (Å²) in [5.41, 5.74) is 3.39. The number of aromatic nitrogens is 1. The lowest BCUT2D eigenvalue weighted by atomic mass is 10.3. The predicted molar refractivity (Wildman–Crippen MR) is 43.7 cm³/mol. The van der Waals surface area contributed by atoms with Gasteiger partial charge in [-0.15, -0.1) is 0 Å². The zero-order valence-electron chi connectivity index (χ0n) is 6.53. The van der Waals surface area contributed by atoms with Gasteiger partial charge >= 0.3 is 0 Å². The van der Waals surface area contributed by atoms with Gasteiger partial charge in [-0.3, -0.25) is 25.2 Å². The van der Waals surface area contributed by atoms with Crippen molar-refractivity contribution < 1.29 is 9.59 Å². The zero-order valence-corrected chi connectivity index (χ0v) is 6.53. The van der Waals surface area contributed by atoms with E-state index in [1.807, 2.05) is 10.9 Å². The van der Waals surface area contributed by atoms with Gasteiger partial charge in [0.2, 0.25) is 6.41 Å². The Balaban J connectivity index is 2.83. The first-order chi connectivity index (χ1) is 6.25. The maximum absolute atomic E-state index is 11.1. The lowest BCUT2D eigenvalue weighted by Gasteiger charge is -2.00. The van der Waals surface area contributed by atoms with Crippen molar-refractivity contribution in [1.82, 2.24) is 15.8 Å². The largest absolute Gasteiger partial charge is 0.328 e.